The fraction of sp³-hybridized carbons (Fsp3) is 0.0588. The second-order valence-electron chi connectivity index (χ2n) is 4.59. The minimum absolute atomic E-state index is 0.0617. The van der Waals surface area contributed by atoms with Crippen LogP contribution in [0.15, 0.2) is 66.7 Å². The Morgan fingerprint density at radius 2 is 1.60 bits per heavy atom. The first-order valence-electron chi connectivity index (χ1n) is 6.44. The number of rotatable bonds is 2. The molecule has 3 heteroatoms. The zero-order valence-electron chi connectivity index (χ0n) is 11.2. The van der Waals surface area contributed by atoms with Crippen LogP contribution in [0, 0.1) is 0 Å². The molecule has 3 rings (SSSR count). The quantitative estimate of drug-likeness (QED) is 0.708. The van der Waals surface area contributed by atoms with Crippen molar-refractivity contribution < 1.29 is 4.79 Å². The number of aromatic nitrogens is 1. The summed E-state index contributed by atoms with van der Waals surface area (Å²) in [5.74, 6) is 0.589. The summed E-state index contributed by atoms with van der Waals surface area (Å²) < 4.78 is 0. The van der Waals surface area contributed by atoms with E-state index in [4.69, 9.17) is 0 Å². The Balaban J connectivity index is 1.96. The first-order chi connectivity index (χ1) is 9.75. The van der Waals surface area contributed by atoms with Crippen LogP contribution in [0.3, 0.4) is 0 Å². The molecule has 3 aromatic rings. The third kappa shape index (κ3) is 2.26. The lowest BCUT2D eigenvalue weighted by Crippen LogP contribution is -2.26. The summed E-state index contributed by atoms with van der Waals surface area (Å²) >= 11 is 0. The molecule has 0 aliphatic rings. The largest absolute Gasteiger partial charge is 0.296 e. The van der Waals surface area contributed by atoms with Crippen molar-refractivity contribution in [2.45, 2.75) is 0 Å². The van der Waals surface area contributed by atoms with Crippen LogP contribution in [0.5, 0.6) is 0 Å². The van der Waals surface area contributed by atoms with E-state index in [2.05, 4.69) is 4.98 Å². The summed E-state index contributed by atoms with van der Waals surface area (Å²) in [6.07, 6.45) is 0. The summed E-state index contributed by atoms with van der Waals surface area (Å²) in [4.78, 5) is 18.5. The molecule has 1 heterocycles. The van der Waals surface area contributed by atoms with E-state index in [-0.39, 0.29) is 5.91 Å². The third-order valence-corrected chi connectivity index (χ3v) is 3.25. The van der Waals surface area contributed by atoms with Crippen molar-refractivity contribution in [1.29, 1.82) is 0 Å². The molecule has 0 saturated carbocycles. The zero-order chi connectivity index (χ0) is 13.9. The lowest BCUT2D eigenvalue weighted by molar-refractivity contribution is 0.0992. The fourth-order valence-electron chi connectivity index (χ4n) is 2.12. The van der Waals surface area contributed by atoms with E-state index < -0.39 is 0 Å². The SMILES string of the molecule is CN(C(=O)c1ccccc1)c1ccc2ccccc2n1. The van der Waals surface area contributed by atoms with Gasteiger partial charge in [-0.3, -0.25) is 9.69 Å². The molecule has 0 N–H and O–H groups in total. The molecule has 20 heavy (non-hydrogen) atoms. The predicted octanol–water partition coefficient (Wildman–Crippen LogP) is 3.51. The lowest BCUT2D eigenvalue weighted by Gasteiger charge is -2.16. The monoisotopic (exact) mass is 262 g/mol. The topological polar surface area (TPSA) is 33.2 Å². The number of anilines is 1. The minimum atomic E-state index is -0.0617. The van der Waals surface area contributed by atoms with E-state index in [0.29, 0.717) is 11.4 Å². The number of benzene rings is 2. The van der Waals surface area contributed by atoms with Crippen LogP contribution in [0.1, 0.15) is 10.4 Å². The molecule has 3 nitrogen and oxygen atoms in total. The maximum absolute atomic E-state index is 12.4. The number of fused-ring (bicyclic) bond motifs is 1. The van der Waals surface area contributed by atoms with E-state index in [1.54, 1.807) is 24.1 Å². The molecule has 0 bridgehead atoms. The summed E-state index contributed by atoms with van der Waals surface area (Å²) in [5, 5.41) is 1.07. The van der Waals surface area contributed by atoms with Gasteiger partial charge in [0.1, 0.15) is 5.82 Å². The Morgan fingerprint density at radius 1 is 0.900 bits per heavy atom. The molecule has 0 spiro atoms. The molecule has 1 amide bonds. The number of pyridine rings is 1. The van der Waals surface area contributed by atoms with E-state index in [0.717, 1.165) is 10.9 Å². The van der Waals surface area contributed by atoms with Crippen LogP contribution in [-0.4, -0.2) is 17.9 Å². The number of hydrogen-bond donors (Lipinski definition) is 0. The Kier molecular flexibility index (Phi) is 3.17. The fourth-order valence-corrected chi connectivity index (χ4v) is 2.12. The van der Waals surface area contributed by atoms with Crippen LogP contribution in [0.4, 0.5) is 5.82 Å². The van der Waals surface area contributed by atoms with Gasteiger partial charge in [-0.2, -0.15) is 0 Å². The summed E-state index contributed by atoms with van der Waals surface area (Å²) in [6.45, 7) is 0. The maximum atomic E-state index is 12.4. The van der Waals surface area contributed by atoms with Gasteiger partial charge in [0, 0.05) is 18.0 Å². The third-order valence-electron chi connectivity index (χ3n) is 3.25. The number of para-hydroxylation sites is 1. The van der Waals surface area contributed by atoms with Crippen molar-refractivity contribution in [2.75, 3.05) is 11.9 Å². The summed E-state index contributed by atoms with van der Waals surface area (Å²) in [7, 11) is 1.74. The molecule has 0 fully saturated rings. The summed E-state index contributed by atoms with van der Waals surface area (Å²) in [5.41, 5.74) is 1.54. The Morgan fingerprint density at radius 3 is 2.40 bits per heavy atom. The molecular weight excluding hydrogens is 248 g/mol. The van der Waals surface area contributed by atoms with Gasteiger partial charge in [-0.15, -0.1) is 0 Å². The van der Waals surface area contributed by atoms with E-state index in [9.17, 15) is 4.79 Å². The van der Waals surface area contributed by atoms with Gasteiger partial charge in [0.05, 0.1) is 5.52 Å². The standard InChI is InChI=1S/C17H14N2O/c1-19(17(20)14-8-3-2-4-9-14)16-12-11-13-7-5-6-10-15(13)18-16/h2-12H,1H3. The van der Waals surface area contributed by atoms with Gasteiger partial charge < -0.3 is 0 Å². The molecule has 2 aromatic carbocycles. The predicted molar refractivity (Wildman–Crippen MR) is 80.9 cm³/mol. The van der Waals surface area contributed by atoms with E-state index >= 15 is 0 Å². The van der Waals surface area contributed by atoms with Gasteiger partial charge in [-0.1, -0.05) is 36.4 Å². The maximum Gasteiger partial charge on any atom is 0.259 e. The number of hydrogen-bond acceptors (Lipinski definition) is 2. The summed E-state index contributed by atoms with van der Waals surface area (Å²) in [6, 6.07) is 20.9. The Bertz CT molecular complexity index is 753. The van der Waals surface area contributed by atoms with Crippen LogP contribution in [0.25, 0.3) is 10.9 Å². The molecule has 0 unspecified atom stereocenters. The molecule has 0 saturated heterocycles. The first-order valence-corrected chi connectivity index (χ1v) is 6.44. The zero-order valence-corrected chi connectivity index (χ0v) is 11.2. The second kappa shape index (κ2) is 5.13. The van der Waals surface area contributed by atoms with Crippen molar-refractivity contribution in [1.82, 2.24) is 4.98 Å². The molecule has 0 aliphatic carbocycles. The molecular formula is C17H14N2O. The molecule has 0 aliphatic heterocycles. The van der Waals surface area contributed by atoms with Crippen LogP contribution >= 0.6 is 0 Å². The van der Waals surface area contributed by atoms with Gasteiger partial charge in [0.25, 0.3) is 5.91 Å². The van der Waals surface area contributed by atoms with Gasteiger partial charge in [0.15, 0.2) is 0 Å². The highest BCUT2D eigenvalue weighted by Gasteiger charge is 2.14. The normalized spacial score (nSPS) is 10.4. The van der Waals surface area contributed by atoms with Crippen molar-refractivity contribution in [3.05, 3.63) is 72.3 Å². The Hall–Kier alpha value is -2.68. The molecule has 98 valence electrons. The van der Waals surface area contributed by atoms with Crippen molar-refractivity contribution in [2.24, 2.45) is 0 Å². The Labute approximate surface area is 117 Å². The minimum Gasteiger partial charge on any atom is -0.296 e. The number of carbonyl (C=O) groups excluding carboxylic acids is 1. The highest BCUT2D eigenvalue weighted by Crippen LogP contribution is 2.18. The van der Waals surface area contributed by atoms with Gasteiger partial charge in [-0.25, -0.2) is 4.98 Å². The average molecular weight is 262 g/mol. The first kappa shape index (κ1) is 12.4. The van der Waals surface area contributed by atoms with E-state index in [1.807, 2.05) is 54.6 Å². The van der Waals surface area contributed by atoms with Crippen LogP contribution < -0.4 is 4.90 Å². The average Bonchev–Trinajstić information content (AvgIpc) is 2.54. The smallest absolute Gasteiger partial charge is 0.259 e. The highest BCUT2D eigenvalue weighted by atomic mass is 16.2. The number of carbonyl (C=O) groups is 1. The van der Waals surface area contributed by atoms with E-state index in [1.165, 1.54) is 0 Å². The van der Waals surface area contributed by atoms with Crippen LogP contribution in [-0.2, 0) is 0 Å². The lowest BCUT2D eigenvalue weighted by atomic mass is 10.2. The molecule has 0 atom stereocenters. The molecule has 1 aromatic heterocycles. The number of amides is 1. The second-order valence-corrected chi connectivity index (χ2v) is 4.59. The van der Waals surface area contributed by atoms with Crippen molar-refractivity contribution in [3.8, 4) is 0 Å². The number of nitrogens with zero attached hydrogens (tertiary/aromatic N) is 2. The van der Waals surface area contributed by atoms with Gasteiger partial charge in [0.2, 0.25) is 0 Å². The van der Waals surface area contributed by atoms with Crippen molar-refractivity contribution >= 4 is 22.6 Å². The van der Waals surface area contributed by atoms with Crippen molar-refractivity contribution in [3.63, 3.8) is 0 Å². The van der Waals surface area contributed by atoms with Crippen LogP contribution in [0.2, 0.25) is 0 Å². The molecule has 0 radical (unpaired) electrons. The van der Waals surface area contributed by atoms with Gasteiger partial charge >= 0.3 is 0 Å². The van der Waals surface area contributed by atoms with Gasteiger partial charge in [-0.05, 0) is 30.3 Å². The highest BCUT2D eigenvalue weighted by molar-refractivity contribution is 6.05.